The standard InChI is InChI=1S/C10H14N4O3/c1-11-9(15)8-6-17-5-4-14(8)10(16)13-3-2-12-7-13/h2-3,7-8H,4-6H2,1H3,(H,11,15). The molecule has 0 spiro atoms. The molecule has 2 amide bonds. The van der Waals surface area contributed by atoms with Gasteiger partial charge in [-0.15, -0.1) is 0 Å². The first kappa shape index (κ1) is 11.6. The molecular formula is C10H14N4O3. The van der Waals surface area contributed by atoms with Crippen LogP contribution in [0.2, 0.25) is 0 Å². The molecule has 1 fully saturated rings. The minimum atomic E-state index is -0.580. The van der Waals surface area contributed by atoms with Crippen LogP contribution in [0.4, 0.5) is 4.79 Å². The van der Waals surface area contributed by atoms with Crippen LogP contribution < -0.4 is 5.32 Å². The Morgan fingerprint density at radius 2 is 2.35 bits per heavy atom. The Hall–Kier alpha value is -1.89. The molecule has 1 atom stereocenters. The first-order valence-corrected chi connectivity index (χ1v) is 5.32. The van der Waals surface area contributed by atoms with E-state index in [0.29, 0.717) is 13.2 Å². The molecule has 1 aromatic rings. The largest absolute Gasteiger partial charge is 0.377 e. The van der Waals surface area contributed by atoms with E-state index in [1.165, 1.54) is 29.0 Å². The summed E-state index contributed by atoms with van der Waals surface area (Å²) in [5.41, 5.74) is 0. The average molecular weight is 238 g/mol. The van der Waals surface area contributed by atoms with Crippen LogP contribution in [-0.2, 0) is 9.53 Å². The molecule has 0 aromatic carbocycles. The molecule has 0 aliphatic carbocycles. The summed E-state index contributed by atoms with van der Waals surface area (Å²) in [7, 11) is 1.54. The van der Waals surface area contributed by atoms with Gasteiger partial charge >= 0.3 is 6.03 Å². The number of nitrogens with zero attached hydrogens (tertiary/aromatic N) is 3. The molecule has 1 saturated heterocycles. The van der Waals surface area contributed by atoms with Gasteiger partial charge in [-0.2, -0.15) is 0 Å². The van der Waals surface area contributed by atoms with E-state index in [1.54, 1.807) is 6.20 Å². The monoisotopic (exact) mass is 238 g/mol. The number of rotatable bonds is 1. The molecule has 1 aliphatic heterocycles. The van der Waals surface area contributed by atoms with Crippen LogP contribution in [0.15, 0.2) is 18.7 Å². The highest BCUT2D eigenvalue weighted by atomic mass is 16.5. The summed E-state index contributed by atoms with van der Waals surface area (Å²) in [6, 6.07) is -0.844. The maximum Gasteiger partial charge on any atom is 0.330 e. The molecule has 2 rings (SSSR count). The normalized spacial score (nSPS) is 20.1. The van der Waals surface area contributed by atoms with E-state index >= 15 is 0 Å². The van der Waals surface area contributed by atoms with E-state index < -0.39 is 6.04 Å². The Balaban J connectivity index is 2.16. The van der Waals surface area contributed by atoms with Crippen molar-refractivity contribution in [3.63, 3.8) is 0 Å². The van der Waals surface area contributed by atoms with Crippen molar-refractivity contribution in [2.24, 2.45) is 0 Å². The lowest BCUT2D eigenvalue weighted by Gasteiger charge is -2.33. The Kier molecular flexibility index (Phi) is 3.38. The Bertz CT molecular complexity index is 404. The zero-order valence-corrected chi connectivity index (χ0v) is 9.50. The van der Waals surface area contributed by atoms with Gasteiger partial charge < -0.3 is 15.0 Å². The third-order valence-corrected chi connectivity index (χ3v) is 2.65. The van der Waals surface area contributed by atoms with Crippen molar-refractivity contribution in [1.82, 2.24) is 19.8 Å². The van der Waals surface area contributed by atoms with Crippen LogP contribution in [0.5, 0.6) is 0 Å². The van der Waals surface area contributed by atoms with Crippen molar-refractivity contribution in [1.29, 1.82) is 0 Å². The molecule has 17 heavy (non-hydrogen) atoms. The highest BCUT2D eigenvalue weighted by Crippen LogP contribution is 2.09. The number of carbonyl (C=O) groups is 2. The zero-order chi connectivity index (χ0) is 12.3. The molecule has 0 bridgehead atoms. The Morgan fingerprint density at radius 3 is 3.00 bits per heavy atom. The lowest BCUT2D eigenvalue weighted by Crippen LogP contribution is -2.56. The van der Waals surface area contributed by atoms with E-state index in [1.807, 2.05) is 0 Å². The number of amides is 2. The van der Waals surface area contributed by atoms with Gasteiger partial charge in [0.1, 0.15) is 12.4 Å². The van der Waals surface area contributed by atoms with E-state index in [4.69, 9.17) is 4.74 Å². The highest BCUT2D eigenvalue weighted by molar-refractivity contribution is 5.87. The number of nitrogens with one attached hydrogen (secondary N) is 1. The van der Waals surface area contributed by atoms with Gasteiger partial charge in [0.2, 0.25) is 5.91 Å². The van der Waals surface area contributed by atoms with Crippen molar-refractivity contribution >= 4 is 11.9 Å². The molecule has 0 radical (unpaired) electrons. The third-order valence-electron chi connectivity index (χ3n) is 2.65. The molecule has 92 valence electrons. The molecule has 0 saturated carbocycles. The Labute approximate surface area is 98.4 Å². The van der Waals surface area contributed by atoms with Crippen molar-refractivity contribution in [3.8, 4) is 0 Å². The fourth-order valence-corrected chi connectivity index (χ4v) is 1.74. The van der Waals surface area contributed by atoms with Crippen LogP contribution in [0.3, 0.4) is 0 Å². The Morgan fingerprint density at radius 1 is 1.53 bits per heavy atom. The average Bonchev–Trinajstić information content (AvgIpc) is 2.91. The van der Waals surface area contributed by atoms with E-state index in [0.717, 1.165) is 0 Å². The fourth-order valence-electron chi connectivity index (χ4n) is 1.74. The molecular weight excluding hydrogens is 224 g/mol. The maximum atomic E-state index is 12.1. The number of hydrogen-bond acceptors (Lipinski definition) is 4. The second-order valence-electron chi connectivity index (χ2n) is 3.65. The summed E-state index contributed by atoms with van der Waals surface area (Å²) in [5, 5.41) is 2.53. The number of likely N-dealkylation sites (N-methyl/N-ethyl adjacent to an activating group) is 1. The van der Waals surface area contributed by atoms with Gasteiger partial charge in [-0.3, -0.25) is 9.36 Å². The van der Waals surface area contributed by atoms with Gasteiger partial charge in [0.05, 0.1) is 13.2 Å². The van der Waals surface area contributed by atoms with Gasteiger partial charge in [0, 0.05) is 26.0 Å². The minimum Gasteiger partial charge on any atom is -0.377 e. The molecule has 2 heterocycles. The maximum absolute atomic E-state index is 12.1. The van der Waals surface area contributed by atoms with Crippen LogP contribution in [0.25, 0.3) is 0 Å². The van der Waals surface area contributed by atoms with Crippen LogP contribution in [0.1, 0.15) is 0 Å². The number of carbonyl (C=O) groups excluding carboxylic acids is 2. The van der Waals surface area contributed by atoms with Crippen LogP contribution >= 0.6 is 0 Å². The van der Waals surface area contributed by atoms with E-state index in [2.05, 4.69) is 10.3 Å². The van der Waals surface area contributed by atoms with Crippen molar-refractivity contribution in [2.75, 3.05) is 26.8 Å². The summed E-state index contributed by atoms with van der Waals surface area (Å²) < 4.78 is 6.57. The third kappa shape index (κ3) is 2.28. The number of hydrogen-bond donors (Lipinski definition) is 1. The van der Waals surface area contributed by atoms with Crippen LogP contribution in [-0.4, -0.2) is 59.2 Å². The quantitative estimate of drug-likeness (QED) is 0.701. The molecule has 1 unspecified atom stereocenters. The van der Waals surface area contributed by atoms with Gasteiger partial charge in [-0.05, 0) is 0 Å². The molecule has 1 N–H and O–H groups in total. The van der Waals surface area contributed by atoms with Gasteiger partial charge in [-0.25, -0.2) is 9.78 Å². The molecule has 1 aromatic heterocycles. The predicted octanol–water partition coefficient (Wildman–Crippen LogP) is -0.702. The van der Waals surface area contributed by atoms with Crippen molar-refractivity contribution < 1.29 is 14.3 Å². The fraction of sp³-hybridized carbons (Fsp3) is 0.500. The van der Waals surface area contributed by atoms with Crippen molar-refractivity contribution in [2.45, 2.75) is 6.04 Å². The molecule has 1 aliphatic rings. The van der Waals surface area contributed by atoms with Gasteiger partial charge in [-0.1, -0.05) is 0 Å². The summed E-state index contributed by atoms with van der Waals surface area (Å²) in [4.78, 5) is 29.0. The SMILES string of the molecule is CNC(=O)C1COCCN1C(=O)n1ccnc1. The van der Waals surface area contributed by atoms with Gasteiger partial charge in [0.15, 0.2) is 0 Å². The summed E-state index contributed by atoms with van der Waals surface area (Å²) in [5.74, 6) is -0.224. The lowest BCUT2D eigenvalue weighted by atomic mass is 10.2. The van der Waals surface area contributed by atoms with Gasteiger partial charge in [0.25, 0.3) is 0 Å². The summed E-state index contributed by atoms with van der Waals surface area (Å²) in [6.07, 6.45) is 4.49. The minimum absolute atomic E-state index is 0.222. The smallest absolute Gasteiger partial charge is 0.330 e. The number of ether oxygens (including phenoxy) is 1. The first-order chi connectivity index (χ1) is 8.24. The molecule has 7 heteroatoms. The second-order valence-corrected chi connectivity index (χ2v) is 3.65. The first-order valence-electron chi connectivity index (χ1n) is 5.32. The van der Waals surface area contributed by atoms with E-state index in [-0.39, 0.29) is 18.5 Å². The summed E-state index contributed by atoms with van der Waals surface area (Å²) in [6.45, 7) is 1.06. The second kappa shape index (κ2) is 4.96. The molecule has 7 nitrogen and oxygen atoms in total. The predicted molar refractivity (Wildman–Crippen MR) is 58.4 cm³/mol. The number of morpholine rings is 1. The lowest BCUT2D eigenvalue weighted by molar-refractivity contribution is -0.129. The zero-order valence-electron chi connectivity index (χ0n) is 9.50. The topological polar surface area (TPSA) is 76.5 Å². The summed E-state index contributed by atoms with van der Waals surface area (Å²) >= 11 is 0. The number of aromatic nitrogens is 2. The van der Waals surface area contributed by atoms with Crippen LogP contribution in [0, 0.1) is 0 Å². The van der Waals surface area contributed by atoms with E-state index in [9.17, 15) is 9.59 Å². The highest BCUT2D eigenvalue weighted by Gasteiger charge is 2.32. The van der Waals surface area contributed by atoms with Crippen molar-refractivity contribution in [3.05, 3.63) is 18.7 Å². The number of imidazole rings is 1.